The minimum atomic E-state index is 0.0890. The summed E-state index contributed by atoms with van der Waals surface area (Å²) in [4.78, 5) is 2.29. The largest absolute Gasteiger partial charge is 0.481 e. The molecule has 0 radical (unpaired) electrons. The molecule has 0 bridgehead atoms. The summed E-state index contributed by atoms with van der Waals surface area (Å²) in [5, 5.41) is 0. The number of rotatable bonds is 1. The van der Waals surface area contributed by atoms with Gasteiger partial charge in [0.1, 0.15) is 11.9 Å². The average Bonchev–Trinajstić information content (AvgIpc) is 2.44. The van der Waals surface area contributed by atoms with E-state index in [1.165, 1.54) is 5.56 Å². The van der Waals surface area contributed by atoms with Gasteiger partial charge in [0.25, 0.3) is 0 Å². The number of fused-ring (bicyclic) bond motifs is 1. The van der Waals surface area contributed by atoms with E-state index in [4.69, 9.17) is 4.74 Å². The second kappa shape index (κ2) is 4.37. The molecule has 1 aliphatic rings. The number of hydrogen-bond acceptors (Lipinski definition) is 2. The zero-order valence-corrected chi connectivity index (χ0v) is 10.7. The van der Waals surface area contributed by atoms with Crippen LogP contribution >= 0.6 is 0 Å². The van der Waals surface area contributed by atoms with Crippen LogP contribution in [0.3, 0.4) is 0 Å². The third kappa shape index (κ3) is 1.74. The quantitative estimate of drug-likeness (QED) is 0.753. The van der Waals surface area contributed by atoms with Crippen LogP contribution in [0.15, 0.2) is 54.6 Å². The Morgan fingerprint density at radius 3 is 2.39 bits per heavy atom. The second-order valence-corrected chi connectivity index (χ2v) is 4.77. The lowest BCUT2D eigenvalue weighted by molar-refractivity contribution is 0.163. The van der Waals surface area contributed by atoms with Crippen molar-refractivity contribution in [1.82, 2.24) is 0 Å². The number of hydrogen-bond donors (Lipinski definition) is 0. The highest BCUT2D eigenvalue weighted by atomic mass is 16.5. The van der Waals surface area contributed by atoms with E-state index >= 15 is 0 Å². The lowest BCUT2D eigenvalue weighted by Crippen LogP contribution is -2.40. The van der Waals surface area contributed by atoms with Crippen LogP contribution in [0.25, 0.3) is 0 Å². The molecule has 18 heavy (non-hydrogen) atoms. The van der Waals surface area contributed by atoms with Gasteiger partial charge in [-0.2, -0.15) is 0 Å². The molecular formula is C16H17NO. The lowest BCUT2D eigenvalue weighted by atomic mass is 10.00. The number of anilines is 1. The first-order valence-corrected chi connectivity index (χ1v) is 6.31. The van der Waals surface area contributed by atoms with Crippen LogP contribution in [-0.2, 0) is 0 Å². The van der Waals surface area contributed by atoms with Gasteiger partial charge in [0.2, 0.25) is 0 Å². The molecule has 0 N–H and O–H groups in total. The molecule has 1 heterocycles. The normalized spacial score (nSPS) is 22.2. The average molecular weight is 239 g/mol. The minimum absolute atomic E-state index is 0.0890. The number of nitrogens with zero attached hydrogens (tertiary/aromatic N) is 1. The first-order valence-electron chi connectivity index (χ1n) is 6.31. The maximum Gasteiger partial charge on any atom is 0.144 e. The topological polar surface area (TPSA) is 12.5 Å². The molecule has 3 rings (SSSR count). The predicted molar refractivity (Wildman–Crippen MR) is 74.1 cm³/mol. The van der Waals surface area contributed by atoms with Gasteiger partial charge in [-0.1, -0.05) is 42.5 Å². The molecule has 0 saturated carbocycles. The Balaban J connectivity index is 2.01. The lowest BCUT2D eigenvalue weighted by Gasteiger charge is -2.39. The molecule has 2 atom stereocenters. The van der Waals surface area contributed by atoms with Crippen molar-refractivity contribution in [2.75, 3.05) is 11.9 Å². The molecule has 0 amide bonds. The summed E-state index contributed by atoms with van der Waals surface area (Å²) in [6.07, 6.45) is 0.0890. The van der Waals surface area contributed by atoms with Crippen molar-refractivity contribution in [3.63, 3.8) is 0 Å². The Bertz CT molecular complexity index is 538. The Morgan fingerprint density at radius 1 is 0.944 bits per heavy atom. The van der Waals surface area contributed by atoms with E-state index in [2.05, 4.69) is 49.2 Å². The first-order chi connectivity index (χ1) is 8.77. The molecule has 0 aliphatic carbocycles. The SMILES string of the molecule is C[C@@H]1[C@H](c2ccccc2)Oc2ccccc2N1C. The monoisotopic (exact) mass is 239 g/mol. The Hall–Kier alpha value is -1.96. The highest BCUT2D eigenvalue weighted by molar-refractivity contribution is 5.60. The van der Waals surface area contributed by atoms with E-state index in [1.54, 1.807) is 0 Å². The van der Waals surface area contributed by atoms with Gasteiger partial charge >= 0.3 is 0 Å². The summed E-state index contributed by atoms with van der Waals surface area (Å²) in [6, 6.07) is 18.9. The smallest absolute Gasteiger partial charge is 0.144 e. The van der Waals surface area contributed by atoms with E-state index < -0.39 is 0 Å². The molecule has 0 spiro atoms. The highest BCUT2D eigenvalue weighted by Crippen LogP contribution is 2.40. The van der Waals surface area contributed by atoms with Crippen LogP contribution in [0.1, 0.15) is 18.6 Å². The zero-order chi connectivity index (χ0) is 12.5. The number of likely N-dealkylation sites (N-methyl/N-ethyl adjacent to an activating group) is 1. The number of ether oxygens (including phenoxy) is 1. The molecule has 0 unspecified atom stereocenters. The summed E-state index contributed by atoms with van der Waals surface area (Å²) in [5.41, 5.74) is 2.39. The van der Waals surface area contributed by atoms with E-state index in [9.17, 15) is 0 Å². The van der Waals surface area contributed by atoms with Gasteiger partial charge in [0.05, 0.1) is 11.7 Å². The van der Waals surface area contributed by atoms with Crippen molar-refractivity contribution in [3.05, 3.63) is 60.2 Å². The molecule has 2 heteroatoms. The Morgan fingerprint density at radius 2 is 1.61 bits per heavy atom. The van der Waals surface area contributed by atoms with Crippen molar-refractivity contribution in [2.24, 2.45) is 0 Å². The van der Waals surface area contributed by atoms with Gasteiger partial charge in [-0.25, -0.2) is 0 Å². The van der Waals surface area contributed by atoms with E-state index in [-0.39, 0.29) is 6.10 Å². The van der Waals surface area contributed by atoms with Gasteiger partial charge in [-0.3, -0.25) is 0 Å². The molecule has 2 aromatic carbocycles. The van der Waals surface area contributed by atoms with Gasteiger partial charge in [0.15, 0.2) is 0 Å². The van der Waals surface area contributed by atoms with E-state index in [0.29, 0.717) is 6.04 Å². The summed E-state index contributed by atoms with van der Waals surface area (Å²) >= 11 is 0. The second-order valence-electron chi connectivity index (χ2n) is 4.77. The number of para-hydroxylation sites is 2. The molecule has 92 valence electrons. The van der Waals surface area contributed by atoms with Crippen molar-refractivity contribution in [2.45, 2.75) is 19.1 Å². The summed E-state index contributed by atoms with van der Waals surface area (Å²) < 4.78 is 6.16. The molecule has 2 aromatic rings. The molecule has 0 aromatic heterocycles. The van der Waals surface area contributed by atoms with Crippen LogP contribution in [0.2, 0.25) is 0 Å². The molecule has 0 saturated heterocycles. The van der Waals surface area contributed by atoms with Gasteiger partial charge in [-0.15, -0.1) is 0 Å². The standard InChI is InChI=1S/C16H17NO/c1-12-16(13-8-4-3-5-9-13)18-15-11-7-6-10-14(15)17(12)2/h3-12,16H,1-2H3/t12-,16-/m1/s1. The third-order valence-corrected chi connectivity index (χ3v) is 3.68. The van der Waals surface area contributed by atoms with Gasteiger partial charge in [-0.05, 0) is 24.6 Å². The predicted octanol–water partition coefficient (Wildman–Crippen LogP) is 3.65. The molecule has 1 aliphatic heterocycles. The fourth-order valence-electron chi connectivity index (χ4n) is 2.50. The Labute approximate surface area is 108 Å². The first kappa shape index (κ1) is 11.1. The third-order valence-electron chi connectivity index (χ3n) is 3.68. The minimum Gasteiger partial charge on any atom is -0.481 e. The van der Waals surface area contributed by atoms with E-state index in [1.807, 2.05) is 24.3 Å². The summed E-state index contributed by atoms with van der Waals surface area (Å²) in [5.74, 6) is 0.965. The Kier molecular flexibility index (Phi) is 2.71. The fraction of sp³-hybridized carbons (Fsp3) is 0.250. The van der Waals surface area contributed by atoms with Gasteiger partial charge < -0.3 is 9.64 Å². The maximum absolute atomic E-state index is 6.16. The van der Waals surface area contributed by atoms with Crippen molar-refractivity contribution >= 4 is 5.69 Å². The molecule has 0 fully saturated rings. The van der Waals surface area contributed by atoms with Crippen LogP contribution in [0, 0.1) is 0 Å². The molecular weight excluding hydrogens is 222 g/mol. The van der Waals surface area contributed by atoms with Crippen LogP contribution in [0.4, 0.5) is 5.69 Å². The van der Waals surface area contributed by atoms with Gasteiger partial charge in [0, 0.05) is 7.05 Å². The maximum atomic E-state index is 6.16. The van der Waals surface area contributed by atoms with Crippen molar-refractivity contribution in [3.8, 4) is 5.75 Å². The van der Waals surface area contributed by atoms with Crippen LogP contribution in [-0.4, -0.2) is 13.1 Å². The number of benzene rings is 2. The zero-order valence-electron chi connectivity index (χ0n) is 10.7. The molecule has 2 nitrogen and oxygen atoms in total. The van der Waals surface area contributed by atoms with Crippen LogP contribution < -0.4 is 9.64 Å². The highest BCUT2D eigenvalue weighted by Gasteiger charge is 2.31. The fourth-order valence-corrected chi connectivity index (χ4v) is 2.50. The van der Waals surface area contributed by atoms with Crippen LogP contribution in [0.5, 0.6) is 5.75 Å². The van der Waals surface area contributed by atoms with Crippen molar-refractivity contribution in [1.29, 1.82) is 0 Å². The van der Waals surface area contributed by atoms with E-state index in [0.717, 1.165) is 11.4 Å². The van der Waals surface area contributed by atoms with Crippen molar-refractivity contribution < 1.29 is 4.74 Å². The summed E-state index contributed by atoms with van der Waals surface area (Å²) in [7, 11) is 2.13. The summed E-state index contributed by atoms with van der Waals surface area (Å²) in [6.45, 7) is 2.20.